The molecule has 0 aliphatic carbocycles. The van der Waals surface area contributed by atoms with Gasteiger partial charge >= 0.3 is 0 Å². The molecule has 1 rings (SSSR count). The number of rotatable bonds is 4. The number of aliphatic hydroxyl groups is 1. The lowest BCUT2D eigenvalue weighted by atomic mass is 9.82. The summed E-state index contributed by atoms with van der Waals surface area (Å²) in [5, 5.41) is 13.2. The Morgan fingerprint density at radius 3 is 2.40 bits per heavy atom. The van der Waals surface area contributed by atoms with Crippen molar-refractivity contribution in [2.24, 2.45) is 5.41 Å². The molecule has 0 saturated carbocycles. The van der Waals surface area contributed by atoms with Gasteiger partial charge in [0.05, 0.1) is 5.60 Å². The predicted octanol–water partition coefficient (Wildman–Crippen LogP) is 1.55. The van der Waals surface area contributed by atoms with Crippen LogP contribution in [0, 0.1) is 5.41 Å². The second-order valence-corrected chi connectivity index (χ2v) is 5.68. The summed E-state index contributed by atoms with van der Waals surface area (Å²) < 4.78 is 5.36. The third-order valence-electron chi connectivity index (χ3n) is 3.59. The number of ether oxygens (including phenoxy) is 1. The molecular formula is C12H25NO2. The second kappa shape index (κ2) is 4.81. The molecule has 1 unspecified atom stereocenters. The Hall–Kier alpha value is -0.120. The SMILES string of the molecule is CC(NCC1(C)CCOCC1)C(C)(C)O. The van der Waals surface area contributed by atoms with Crippen LogP contribution in [0.15, 0.2) is 0 Å². The fraction of sp³-hybridized carbons (Fsp3) is 1.00. The van der Waals surface area contributed by atoms with Gasteiger partial charge in [-0.25, -0.2) is 0 Å². The first kappa shape index (κ1) is 12.9. The van der Waals surface area contributed by atoms with Crippen molar-refractivity contribution in [2.75, 3.05) is 19.8 Å². The molecule has 0 aromatic rings. The molecule has 1 fully saturated rings. The minimum absolute atomic E-state index is 0.122. The first-order valence-corrected chi connectivity index (χ1v) is 5.87. The van der Waals surface area contributed by atoms with Crippen LogP contribution in [0.2, 0.25) is 0 Å². The Bertz CT molecular complexity index is 192. The van der Waals surface area contributed by atoms with E-state index in [1.165, 1.54) is 0 Å². The number of hydrogen-bond acceptors (Lipinski definition) is 3. The molecule has 15 heavy (non-hydrogen) atoms. The minimum atomic E-state index is -0.651. The van der Waals surface area contributed by atoms with E-state index < -0.39 is 5.60 Å². The molecule has 1 saturated heterocycles. The van der Waals surface area contributed by atoms with Crippen LogP contribution in [-0.4, -0.2) is 36.5 Å². The Balaban J connectivity index is 2.35. The van der Waals surface area contributed by atoms with Gasteiger partial charge in [-0.2, -0.15) is 0 Å². The van der Waals surface area contributed by atoms with Gasteiger partial charge in [0.25, 0.3) is 0 Å². The van der Waals surface area contributed by atoms with E-state index in [0.29, 0.717) is 5.41 Å². The second-order valence-electron chi connectivity index (χ2n) is 5.68. The topological polar surface area (TPSA) is 41.5 Å². The quantitative estimate of drug-likeness (QED) is 0.747. The predicted molar refractivity (Wildman–Crippen MR) is 61.9 cm³/mol. The van der Waals surface area contributed by atoms with Crippen molar-refractivity contribution in [1.29, 1.82) is 0 Å². The van der Waals surface area contributed by atoms with Crippen LogP contribution in [0.3, 0.4) is 0 Å². The Kier molecular flexibility index (Phi) is 4.15. The average molecular weight is 215 g/mol. The molecule has 3 heteroatoms. The highest BCUT2D eigenvalue weighted by Crippen LogP contribution is 2.29. The standard InChI is InChI=1S/C12H25NO2/c1-10(11(2,3)14)13-9-12(4)5-7-15-8-6-12/h10,13-14H,5-9H2,1-4H3. The largest absolute Gasteiger partial charge is 0.389 e. The highest BCUT2D eigenvalue weighted by molar-refractivity contribution is 4.85. The summed E-state index contributed by atoms with van der Waals surface area (Å²) in [6, 6.07) is 0.122. The first-order chi connectivity index (χ1) is 6.83. The van der Waals surface area contributed by atoms with Crippen molar-refractivity contribution in [1.82, 2.24) is 5.32 Å². The summed E-state index contributed by atoms with van der Waals surface area (Å²) in [6.45, 7) is 10.7. The highest BCUT2D eigenvalue weighted by Gasteiger charge is 2.29. The van der Waals surface area contributed by atoms with Crippen LogP contribution >= 0.6 is 0 Å². The lowest BCUT2D eigenvalue weighted by Crippen LogP contribution is -2.49. The maximum Gasteiger partial charge on any atom is 0.0741 e. The lowest BCUT2D eigenvalue weighted by molar-refractivity contribution is 0.00952. The lowest BCUT2D eigenvalue weighted by Gasteiger charge is -2.36. The monoisotopic (exact) mass is 215 g/mol. The van der Waals surface area contributed by atoms with Crippen molar-refractivity contribution in [3.05, 3.63) is 0 Å². The summed E-state index contributed by atoms with van der Waals surface area (Å²) in [6.07, 6.45) is 2.22. The van der Waals surface area contributed by atoms with Gasteiger partial charge < -0.3 is 15.2 Å². The molecule has 0 spiro atoms. The smallest absolute Gasteiger partial charge is 0.0741 e. The highest BCUT2D eigenvalue weighted by atomic mass is 16.5. The van der Waals surface area contributed by atoms with E-state index in [1.807, 2.05) is 20.8 Å². The third kappa shape index (κ3) is 4.09. The molecular weight excluding hydrogens is 190 g/mol. The van der Waals surface area contributed by atoms with Crippen LogP contribution < -0.4 is 5.32 Å². The van der Waals surface area contributed by atoms with Gasteiger partial charge in [-0.05, 0) is 39.0 Å². The van der Waals surface area contributed by atoms with Gasteiger partial charge in [0, 0.05) is 25.8 Å². The van der Waals surface area contributed by atoms with Gasteiger partial charge in [0.2, 0.25) is 0 Å². The van der Waals surface area contributed by atoms with E-state index >= 15 is 0 Å². The molecule has 0 amide bonds. The van der Waals surface area contributed by atoms with E-state index in [0.717, 1.165) is 32.6 Å². The van der Waals surface area contributed by atoms with Crippen LogP contribution in [0.25, 0.3) is 0 Å². The maximum absolute atomic E-state index is 9.81. The van der Waals surface area contributed by atoms with Gasteiger partial charge in [-0.15, -0.1) is 0 Å². The minimum Gasteiger partial charge on any atom is -0.389 e. The number of nitrogens with one attached hydrogen (secondary N) is 1. The Labute approximate surface area is 93.2 Å². The molecule has 0 aromatic carbocycles. The normalized spacial score (nSPS) is 23.8. The van der Waals surface area contributed by atoms with Gasteiger partial charge in [-0.1, -0.05) is 6.92 Å². The van der Waals surface area contributed by atoms with E-state index in [-0.39, 0.29) is 6.04 Å². The van der Waals surface area contributed by atoms with Gasteiger partial charge in [-0.3, -0.25) is 0 Å². The van der Waals surface area contributed by atoms with Crippen molar-refractivity contribution in [3.63, 3.8) is 0 Å². The maximum atomic E-state index is 9.81. The van der Waals surface area contributed by atoms with Crippen LogP contribution in [0.5, 0.6) is 0 Å². The third-order valence-corrected chi connectivity index (χ3v) is 3.59. The van der Waals surface area contributed by atoms with E-state index in [2.05, 4.69) is 12.2 Å². The fourth-order valence-corrected chi connectivity index (χ4v) is 1.69. The van der Waals surface area contributed by atoms with Gasteiger partial charge in [0.1, 0.15) is 0 Å². The summed E-state index contributed by atoms with van der Waals surface area (Å²) >= 11 is 0. The molecule has 1 aliphatic heterocycles. The van der Waals surface area contributed by atoms with E-state index in [4.69, 9.17) is 4.74 Å². The summed E-state index contributed by atoms with van der Waals surface area (Å²) in [5.41, 5.74) is -0.320. The molecule has 1 aliphatic rings. The molecule has 1 atom stereocenters. The first-order valence-electron chi connectivity index (χ1n) is 5.87. The van der Waals surface area contributed by atoms with Crippen LogP contribution in [0.4, 0.5) is 0 Å². The molecule has 0 aromatic heterocycles. The van der Waals surface area contributed by atoms with E-state index in [9.17, 15) is 5.11 Å². The zero-order chi connectivity index (χ0) is 11.5. The van der Waals surface area contributed by atoms with Gasteiger partial charge in [0.15, 0.2) is 0 Å². The van der Waals surface area contributed by atoms with Crippen molar-refractivity contribution < 1.29 is 9.84 Å². The number of hydrogen-bond donors (Lipinski definition) is 2. The Morgan fingerprint density at radius 2 is 1.93 bits per heavy atom. The van der Waals surface area contributed by atoms with Crippen molar-refractivity contribution in [2.45, 2.75) is 52.2 Å². The fourth-order valence-electron chi connectivity index (χ4n) is 1.69. The zero-order valence-electron chi connectivity index (χ0n) is 10.5. The van der Waals surface area contributed by atoms with Crippen LogP contribution in [-0.2, 0) is 4.74 Å². The molecule has 3 nitrogen and oxygen atoms in total. The average Bonchev–Trinajstić information content (AvgIpc) is 2.14. The summed E-state index contributed by atoms with van der Waals surface area (Å²) in [7, 11) is 0. The zero-order valence-corrected chi connectivity index (χ0v) is 10.5. The summed E-state index contributed by atoms with van der Waals surface area (Å²) in [5.74, 6) is 0. The Morgan fingerprint density at radius 1 is 1.40 bits per heavy atom. The van der Waals surface area contributed by atoms with Crippen molar-refractivity contribution in [3.8, 4) is 0 Å². The summed E-state index contributed by atoms with van der Waals surface area (Å²) in [4.78, 5) is 0. The van der Waals surface area contributed by atoms with Crippen LogP contribution in [0.1, 0.15) is 40.5 Å². The molecule has 0 bridgehead atoms. The van der Waals surface area contributed by atoms with Crippen molar-refractivity contribution >= 4 is 0 Å². The van der Waals surface area contributed by atoms with E-state index in [1.54, 1.807) is 0 Å². The molecule has 2 N–H and O–H groups in total. The molecule has 1 heterocycles. The molecule has 90 valence electrons. The molecule has 0 radical (unpaired) electrons.